The molecule has 0 fully saturated rings. The molecule has 2 aliphatic rings. The topological polar surface area (TPSA) is 126 Å². The minimum Gasteiger partial charge on any atom is -0.493 e. The summed E-state index contributed by atoms with van der Waals surface area (Å²) in [7, 11) is 3.14. The molecule has 3 aromatic rings. The number of rotatable bonds is 4. The van der Waals surface area contributed by atoms with Crippen molar-refractivity contribution in [2.45, 2.75) is 24.7 Å². The number of ketones is 1. The Balaban J connectivity index is 1.62. The molecule has 0 unspecified atom stereocenters. The number of methoxy groups -OCH3 is 2. The van der Waals surface area contributed by atoms with E-state index in [1.807, 2.05) is 24.3 Å². The van der Waals surface area contributed by atoms with Gasteiger partial charge in [-0.1, -0.05) is 12.1 Å². The molecule has 168 valence electrons. The first-order chi connectivity index (χ1) is 16.0. The van der Waals surface area contributed by atoms with Gasteiger partial charge in [-0.05, 0) is 41.7 Å². The van der Waals surface area contributed by atoms with Crippen molar-refractivity contribution in [2.24, 2.45) is 0 Å². The predicted molar refractivity (Wildman–Crippen MR) is 121 cm³/mol. The maximum atomic E-state index is 13.5. The molecule has 1 aliphatic carbocycles. The van der Waals surface area contributed by atoms with Crippen LogP contribution < -0.4 is 26.0 Å². The number of allylic oxidation sites excluding steroid dienone is 2. The fourth-order valence-corrected chi connectivity index (χ4v) is 4.77. The van der Waals surface area contributed by atoms with Gasteiger partial charge in [0.1, 0.15) is 5.82 Å². The number of nitrogens with one attached hydrogen (secondary N) is 3. The Morgan fingerprint density at radius 3 is 2.52 bits per heavy atom. The molecule has 0 radical (unpaired) electrons. The number of anilines is 1. The Morgan fingerprint density at radius 1 is 0.970 bits per heavy atom. The first-order valence-corrected chi connectivity index (χ1v) is 10.5. The average Bonchev–Trinajstić information content (AvgIpc) is 2.82. The Labute approximate surface area is 188 Å². The Hall–Kier alpha value is -4.14. The quantitative estimate of drug-likeness (QED) is 0.562. The zero-order chi connectivity index (χ0) is 23.1. The number of ether oxygens (including phenoxy) is 2. The van der Waals surface area contributed by atoms with Crippen LogP contribution in [-0.4, -0.2) is 35.0 Å². The van der Waals surface area contributed by atoms with E-state index in [0.717, 1.165) is 5.56 Å². The van der Waals surface area contributed by atoms with E-state index in [-0.39, 0.29) is 18.1 Å². The van der Waals surface area contributed by atoms with Crippen LogP contribution in [0.4, 0.5) is 5.82 Å². The van der Waals surface area contributed by atoms with Crippen LogP contribution in [0.25, 0.3) is 0 Å². The van der Waals surface area contributed by atoms with E-state index in [0.29, 0.717) is 46.1 Å². The molecule has 0 spiro atoms. The molecule has 5 rings (SSSR count). The molecule has 2 aromatic heterocycles. The van der Waals surface area contributed by atoms with Gasteiger partial charge in [0.05, 0.1) is 19.8 Å². The second-order valence-corrected chi connectivity index (χ2v) is 8.08. The molecule has 0 saturated heterocycles. The van der Waals surface area contributed by atoms with Crippen molar-refractivity contribution < 1.29 is 14.3 Å². The van der Waals surface area contributed by atoms with Crippen LogP contribution >= 0.6 is 0 Å². The average molecular weight is 446 g/mol. The highest BCUT2D eigenvalue weighted by molar-refractivity contribution is 6.01. The van der Waals surface area contributed by atoms with Crippen LogP contribution in [0.3, 0.4) is 0 Å². The van der Waals surface area contributed by atoms with Crippen LogP contribution in [0.15, 0.2) is 63.6 Å². The first-order valence-electron chi connectivity index (χ1n) is 10.5. The van der Waals surface area contributed by atoms with E-state index in [2.05, 4.69) is 20.3 Å². The minimum atomic E-state index is -0.621. The summed E-state index contributed by atoms with van der Waals surface area (Å²) in [5.41, 5.74) is 2.04. The van der Waals surface area contributed by atoms with Gasteiger partial charge in [0.25, 0.3) is 5.56 Å². The molecule has 9 heteroatoms. The largest absolute Gasteiger partial charge is 0.493 e. The number of carbonyl (C=O) groups excluding carboxylic acids is 1. The third-order valence-corrected chi connectivity index (χ3v) is 6.24. The van der Waals surface area contributed by atoms with Crippen LogP contribution in [0.2, 0.25) is 0 Å². The van der Waals surface area contributed by atoms with Crippen molar-refractivity contribution in [2.75, 3.05) is 19.5 Å². The number of pyridine rings is 1. The van der Waals surface area contributed by atoms with Gasteiger partial charge >= 0.3 is 5.69 Å². The predicted octanol–water partition coefficient (Wildman–Crippen LogP) is 2.43. The smallest absolute Gasteiger partial charge is 0.327 e. The van der Waals surface area contributed by atoms with Crippen LogP contribution in [0, 0.1) is 0 Å². The molecule has 3 N–H and O–H groups in total. The summed E-state index contributed by atoms with van der Waals surface area (Å²) in [6.07, 6.45) is 4.08. The van der Waals surface area contributed by atoms with Crippen molar-refractivity contribution in [3.63, 3.8) is 0 Å². The minimum absolute atomic E-state index is 0.0614. The highest BCUT2D eigenvalue weighted by Gasteiger charge is 2.40. The number of fused-ring (bicyclic) bond motifs is 1. The maximum Gasteiger partial charge on any atom is 0.327 e. The van der Waals surface area contributed by atoms with Crippen molar-refractivity contribution in [3.05, 3.63) is 91.5 Å². The van der Waals surface area contributed by atoms with Crippen LogP contribution in [0.5, 0.6) is 11.5 Å². The van der Waals surface area contributed by atoms with E-state index < -0.39 is 17.2 Å². The van der Waals surface area contributed by atoms with Crippen molar-refractivity contribution >= 4 is 11.6 Å². The lowest BCUT2D eigenvalue weighted by Crippen LogP contribution is -2.37. The van der Waals surface area contributed by atoms with Gasteiger partial charge in [0.15, 0.2) is 17.3 Å². The summed E-state index contributed by atoms with van der Waals surface area (Å²) < 4.78 is 10.8. The number of Topliss-reactive ketones (excluding diaryl/α,β-unsaturated/α-hetero) is 1. The van der Waals surface area contributed by atoms with Crippen LogP contribution in [-0.2, 0) is 4.79 Å². The van der Waals surface area contributed by atoms with E-state index in [9.17, 15) is 14.4 Å². The number of hydrogen-bond donors (Lipinski definition) is 3. The molecule has 0 saturated carbocycles. The summed E-state index contributed by atoms with van der Waals surface area (Å²) in [5.74, 6) is 0.721. The van der Waals surface area contributed by atoms with Gasteiger partial charge < -0.3 is 14.8 Å². The standard InChI is InChI=1S/C24H22N4O5/c1-32-17-6-5-12(10-18(17)33-2)14-8-15-20(16(29)9-14)19(13-4-3-7-25-11-13)21-22(26-15)27-24(31)28-23(21)30/h3-7,10-11,14,19H,8-9H2,1-2H3,(H3,26,27,28,30,31)/t14-,19-/m1/s1. The van der Waals surface area contributed by atoms with Gasteiger partial charge in [-0.25, -0.2) is 4.79 Å². The molecule has 0 bridgehead atoms. The molecule has 33 heavy (non-hydrogen) atoms. The number of aromatic nitrogens is 3. The highest BCUT2D eigenvalue weighted by Crippen LogP contribution is 2.46. The maximum absolute atomic E-state index is 13.5. The molecule has 3 heterocycles. The van der Waals surface area contributed by atoms with E-state index in [1.165, 1.54) is 0 Å². The lowest BCUT2D eigenvalue weighted by Gasteiger charge is -2.35. The molecule has 1 aliphatic heterocycles. The van der Waals surface area contributed by atoms with E-state index >= 15 is 0 Å². The number of benzene rings is 1. The Bertz CT molecular complexity index is 1390. The molecular formula is C24H22N4O5. The lowest BCUT2D eigenvalue weighted by molar-refractivity contribution is -0.116. The number of carbonyl (C=O) groups is 1. The summed E-state index contributed by atoms with van der Waals surface area (Å²) >= 11 is 0. The van der Waals surface area contributed by atoms with Gasteiger partial charge in [0.2, 0.25) is 0 Å². The Kier molecular flexibility index (Phi) is 5.08. The van der Waals surface area contributed by atoms with Gasteiger partial charge in [-0.15, -0.1) is 0 Å². The summed E-state index contributed by atoms with van der Waals surface area (Å²) in [4.78, 5) is 47.4. The fourth-order valence-electron chi connectivity index (χ4n) is 4.77. The van der Waals surface area contributed by atoms with Crippen molar-refractivity contribution in [1.29, 1.82) is 0 Å². The lowest BCUT2D eigenvalue weighted by atomic mass is 9.73. The van der Waals surface area contributed by atoms with Crippen molar-refractivity contribution in [1.82, 2.24) is 15.0 Å². The third kappa shape index (κ3) is 3.51. The molecule has 1 aromatic carbocycles. The molecule has 9 nitrogen and oxygen atoms in total. The fraction of sp³-hybridized carbons (Fsp3) is 0.250. The van der Waals surface area contributed by atoms with E-state index in [4.69, 9.17) is 9.47 Å². The first kappa shape index (κ1) is 20.7. The third-order valence-electron chi connectivity index (χ3n) is 6.24. The number of aromatic amines is 2. The second kappa shape index (κ2) is 8.09. The van der Waals surface area contributed by atoms with Gasteiger partial charge in [0, 0.05) is 36.0 Å². The summed E-state index contributed by atoms with van der Waals surface area (Å²) in [6.45, 7) is 0. The molecular weight excluding hydrogens is 424 g/mol. The normalized spacial score (nSPS) is 19.4. The highest BCUT2D eigenvalue weighted by atomic mass is 16.5. The zero-order valence-electron chi connectivity index (χ0n) is 18.1. The van der Waals surface area contributed by atoms with Gasteiger partial charge in [-0.2, -0.15) is 0 Å². The molecule has 0 amide bonds. The Morgan fingerprint density at radius 2 is 1.79 bits per heavy atom. The van der Waals surface area contributed by atoms with Crippen molar-refractivity contribution in [3.8, 4) is 11.5 Å². The van der Waals surface area contributed by atoms with Gasteiger partial charge in [-0.3, -0.25) is 24.5 Å². The van der Waals surface area contributed by atoms with E-state index in [1.54, 1.807) is 32.7 Å². The number of nitrogens with zero attached hydrogens (tertiary/aromatic N) is 1. The zero-order valence-corrected chi connectivity index (χ0v) is 18.1. The number of hydrogen-bond acceptors (Lipinski definition) is 7. The number of H-pyrrole nitrogens is 2. The summed E-state index contributed by atoms with van der Waals surface area (Å²) in [5, 5.41) is 3.17. The summed E-state index contributed by atoms with van der Waals surface area (Å²) in [6, 6.07) is 9.21. The molecule has 2 atom stereocenters. The second-order valence-electron chi connectivity index (χ2n) is 8.08. The van der Waals surface area contributed by atoms with Crippen LogP contribution in [0.1, 0.15) is 41.4 Å². The monoisotopic (exact) mass is 446 g/mol. The SMILES string of the molecule is COc1ccc([C@H]2CC(=O)C3=C(C2)Nc2[nH]c(=O)[nH]c(=O)c2[C@@H]3c2cccnc2)cc1OC.